The van der Waals surface area contributed by atoms with Crippen LogP contribution in [-0.2, 0) is 16.6 Å². The summed E-state index contributed by atoms with van der Waals surface area (Å²) in [6.07, 6.45) is 2.98. The molecule has 128 valence electrons. The second-order valence-corrected chi connectivity index (χ2v) is 8.11. The standard InChI is InChI=1S/C16H25N3O3S/c1-3-13-11-19(23(2,21)22)8-7-15(13)18-10-12-5-4-6-14(9-12)16(17)20/h4-6,9,13,15,18H,3,7-8,10-11H2,1-2H3,(H2,17,20)/t13-,15+/m0/s1. The number of rotatable bonds is 6. The Morgan fingerprint density at radius 2 is 2.17 bits per heavy atom. The zero-order chi connectivity index (χ0) is 17.0. The number of sulfonamides is 1. The average Bonchev–Trinajstić information content (AvgIpc) is 2.52. The fourth-order valence-corrected chi connectivity index (χ4v) is 3.97. The third-order valence-corrected chi connectivity index (χ3v) is 5.74. The molecule has 1 heterocycles. The van der Waals surface area contributed by atoms with Crippen LogP contribution in [0.3, 0.4) is 0 Å². The molecular formula is C16H25N3O3S. The highest BCUT2D eigenvalue weighted by Gasteiger charge is 2.31. The zero-order valence-electron chi connectivity index (χ0n) is 13.7. The van der Waals surface area contributed by atoms with Gasteiger partial charge in [-0.1, -0.05) is 25.5 Å². The molecule has 3 N–H and O–H groups in total. The fraction of sp³-hybridized carbons (Fsp3) is 0.562. The Labute approximate surface area is 138 Å². The van der Waals surface area contributed by atoms with Crippen LogP contribution in [0, 0.1) is 5.92 Å². The summed E-state index contributed by atoms with van der Waals surface area (Å²) in [4.78, 5) is 11.2. The lowest BCUT2D eigenvalue weighted by Crippen LogP contribution is -2.50. The molecule has 0 saturated carbocycles. The van der Waals surface area contributed by atoms with Crippen molar-refractivity contribution in [3.63, 3.8) is 0 Å². The molecule has 1 aromatic rings. The van der Waals surface area contributed by atoms with E-state index in [0.717, 1.165) is 18.4 Å². The number of hydrogen-bond donors (Lipinski definition) is 2. The Bertz CT molecular complexity index is 660. The second-order valence-electron chi connectivity index (χ2n) is 6.13. The number of carbonyl (C=O) groups excluding carboxylic acids is 1. The number of amides is 1. The van der Waals surface area contributed by atoms with Crippen LogP contribution < -0.4 is 11.1 Å². The van der Waals surface area contributed by atoms with Gasteiger partial charge in [0.05, 0.1) is 6.26 Å². The number of benzene rings is 1. The molecular weight excluding hydrogens is 314 g/mol. The van der Waals surface area contributed by atoms with Crippen molar-refractivity contribution < 1.29 is 13.2 Å². The summed E-state index contributed by atoms with van der Waals surface area (Å²) in [5.41, 5.74) is 6.80. The highest BCUT2D eigenvalue weighted by atomic mass is 32.2. The minimum Gasteiger partial charge on any atom is -0.366 e. The van der Waals surface area contributed by atoms with E-state index in [1.807, 2.05) is 12.1 Å². The number of nitrogens with zero attached hydrogens (tertiary/aromatic N) is 1. The van der Waals surface area contributed by atoms with Gasteiger partial charge in [-0.15, -0.1) is 0 Å². The van der Waals surface area contributed by atoms with Gasteiger partial charge in [-0.2, -0.15) is 0 Å². The maximum Gasteiger partial charge on any atom is 0.248 e. The lowest BCUT2D eigenvalue weighted by atomic mass is 9.91. The van der Waals surface area contributed by atoms with E-state index in [-0.39, 0.29) is 12.0 Å². The number of nitrogens with one attached hydrogen (secondary N) is 1. The van der Waals surface area contributed by atoms with Gasteiger partial charge in [0.15, 0.2) is 0 Å². The normalized spacial score (nSPS) is 22.9. The van der Waals surface area contributed by atoms with Crippen LogP contribution >= 0.6 is 0 Å². The molecule has 7 heteroatoms. The second kappa shape index (κ2) is 7.42. The first-order chi connectivity index (χ1) is 10.8. The molecule has 1 aromatic carbocycles. The zero-order valence-corrected chi connectivity index (χ0v) is 14.5. The van der Waals surface area contributed by atoms with E-state index in [1.54, 1.807) is 16.4 Å². The molecule has 0 unspecified atom stereocenters. The average molecular weight is 339 g/mol. The summed E-state index contributed by atoms with van der Waals surface area (Å²) < 4.78 is 25.0. The van der Waals surface area contributed by atoms with E-state index in [0.29, 0.717) is 25.2 Å². The summed E-state index contributed by atoms with van der Waals surface area (Å²) in [6, 6.07) is 7.54. The van der Waals surface area contributed by atoms with Crippen LogP contribution in [0.25, 0.3) is 0 Å². The summed E-state index contributed by atoms with van der Waals surface area (Å²) in [5, 5.41) is 3.50. The monoisotopic (exact) mass is 339 g/mol. The molecule has 0 radical (unpaired) electrons. The first-order valence-corrected chi connectivity index (χ1v) is 9.73. The first-order valence-electron chi connectivity index (χ1n) is 7.88. The molecule has 0 bridgehead atoms. The molecule has 1 amide bonds. The molecule has 1 aliphatic heterocycles. The smallest absolute Gasteiger partial charge is 0.248 e. The topological polar surface area (TPSA) is 92.5 Å². The molecule has 23 heavy (non-hydrogen) atoms. The van der Waals surface area contributed by atoms with Gasteiger partial charge in [-0.3, -0.25) is 4.79 Å². The Hall–Kier alpha value is -1.44. The molecule has 0 aromatic heterocycles. The van der Waals surface area contributed by atoms with Crippen LogP contribution in [0.2, 0.25) is 0 Å². The largest absolute Gasteiger partial charge is 0.366 e. The van der Waals surface area contributed by atoms with E-state index in [9.17, 15) is 13.2 Å². The van der Waals surface area contributed by atoms with Gasteiger partial charge in [0.25, 0.3) is 0 Å². The number of nitrogens with two attached hydrogens (primary N) is 1. The van der Waals surface area contributed by atoms with Crippen molar-refractivity contribution in [2.45, 2.75) is 32.4 Å². The third-order valence-electron chi connectivity index (χ3n) is 4.47. The lowest BCUT2D eigenvalue weighted by molar-refractivity contribution is 0.1000. The van der Waals surface area contributed by atoms with Gasteiger partial charge in [-0.05, 0) is 30.0 Å². The van der Waals surface area contributed by atoms with Crippen molar-refractivity contribution in [3.05, 3.63) is 35.4 Å². The van der Waals surface area contributed by atoms with Gasteiger partial charge in [0.1, 0.15) is 0 Å². The molecule has 2 atom stereocenters. The molecule has 1 fully saturated rings. The van der Waals surface area contributed by atoms with E-state index < -0.39 is 15.9 Å². The SMILES string of the molecule is CC[C@H]1CN(S(C)(=O)=O)CC[C@H]1NCc1cccc(C(N)=O)c1. The van der Waals surface area contributed by atoms with Crippen molar-refractivity contribution in [2.24, 2.45) is 11.7 Å². The Morgan fingerprint density at radius 1 is 1.43 bits per heavy atom. The van der Waals surface area contributed by atoms with Gasteiger partial charge in [0.2, 0.25) is 15.9 Å². The highest BCUT2D eigenvalue weighted by molar-refractivity contribution is 7.88. The fourth-order valence-electron chi connectivity index (χ4n) is 3.07. The highest BCUT2D eigenvalue weighted by Crippen LogP contribution is 2.22. The van der Waals surface area contributed by atoms with E-state index in [4.69, 9.17) is 5.73 Å². The Morgan fingerprint density at radius 3 is 2.78 bits per heavy atom. The summed E-state index contributed by atoms with van der Waals surface area (Å²) in [5.74, 6) is -0.141. The van der Waals surface area contributed by atoms with Crippen molar-refractivity contribution >= 4 is 15.9 Å². The van der Waals surface area contributed by atoms with Gasteiger partial charge in [-0.25, -0.2) is 12.7 Å². The van der Waals surface area contributed by atoms with Crippen LogP contribution in [-0.4, -0.2) is 44.0 Å². The van der Waals surface area contributed by atoms with Gasteiger partial charge < -0.3 is 11.1 Å². The first kappa shape index (κ1) is 17.9. The van der Waals surface area contributed by atoms with Crippen molar-refractivity contribution in [3.8, 4) is 0 Å². The van der Waals surface area contributed by atoms with Crippen molar-refractivity contribution in [1.82, 2.24) is 9.62 Å². The van der Waals surface area contributed by atoms with E-state index in [1.165, 1.54) is 6.26 Å². The molecule has 0 spiro atoms. The predicted octanol–water partition coefficient (Wildman–Crippen LogP) is 0.935. The summed E-state index contributed by atoms with van der Waals surface area (Å²) in [7, 11) is -3.12. The van der Waals surface area contributed by atoms with Crippen molar-refractivity contribution in [1.29, 1.82) is 0 Å². The number of carbonyl (C=O) groups is 1. The van der Waals surface area contributed by atoms with E-state index >= 15 is 0 Å². The number of hydrogen-bond acceptors (Lipinski definition) is 4. The molecule has 1 aliphatic rings. The molecule has 2 rings (SSSR count). The van der Waals surface area contributed by atoms with Crippen LogP contribution in [0.5, 0.6) is 0 Å². The summed E-state index contributed by atoms with van der Waals surface area (Å²) >= 11 is 0. The van der Waals surface area contributed by atoms with Crippen LogP contribution in [0.1, 0.15) is 35.7 Å². The summed E-state index contributed by atoms with van der Waals surface area (Å²) in [6.45, 7) is 3.84. The quantitative estimate of drug-likeness (QED) is 0.806. The van der Waals surface area contributed by atoms with Crippen molar-refractivity contribution in [2.75, 3.05) is 19.3 Å². The Balaban J connectivity index is 1.98. The minimum absolute atomic E-state index is 0.273. The van der Waals surface area contributed by atoms with Gasteiger partial charge >= 0.3 is 0 Å². The lowest BCUT2D eigenvalue weighted by Gasteiger charge is -2.37. The van der Waals surface area contributed by atoms with E-state index in [2.05, 4.69) is 12.2 Å². The molecule has 6 nitrogen and oxygen atoms in total. The minimum atomic E-state index is -3.12. The van der Waals surface area contributed by atoms with Gasteiger partial charge in [0, 0.05) is 31.2 Å². The molecule has 0 aliphatic carbocycles. The number of primary amides is 1. The Kier molecular flexibility index (Phi) is 5.78. The predicted molar refractivity (Wildman–Crippen MR) is 90.4 cm³/mol. The maximum absolute atomic E-state index is 11.7. The third kappa shape index (κ3) is 4.76. The number of piperidine rings is 1. The van der Waals surface area contributed by atoms with Crippen LogP contribution in [0.15, 0.2) is 24.3 Å². The molecule has 1 saturated heterocycles. The maximum atomic E-state index is 11.7. The van der Waals surface area contributed by atoms with Crippen LogP contribution in [0.4, 0.5) is 0 Å².